The van der Waals surface area contributed by atoms with Crippen LogP contribution in [0.2, 0.25) is 0 Å². The Morgan fingerprint density at radius 3 is 2.50 bits per heavy atom. The van der Waals surface area contributed by atoms with E-state index in [1.807, 2.05) is 6.92 Å². The molecule has 1 atom stereocenters. The van der Waals surface area contributed by atoms with Gasteiger partial charge in [0.2, 0.25) is 0 Å². The van der Waals surface area contributed by atoms with Gasteiger partial charge in [0.05, 0.1) is 18.7 Å². The Balaban J connectivity index is 2.10. The van der Waals surface area contributed by atoms with E-state index in [1.54, 1.807) is 0 Å². The van der Waals surface area contributed by atoms with Crippen LogP contribution < -0.4 is 0 Å². The molecular formula is C12H23N3O. The van der Waals surface area contributed by atoms with Crippen molar-refractivity contribution in [2.45, 2.75) is 26.3 Å². The molecule has 1 heterocycles. The van der Waals surface area contributed by atoms with Gasteiger partial charge in [0, 0.05) is 39.3 Å². The zero-order valence-corrected chi connectivity index (χ0v) is 10.5. The molecular weight excluding hydrogens is 202 g/mol. The summed E-state index contributed by atoms with van der Waals surface area (Å²) in [5.41, 5.74) is 0. The van der Waals surface area contributed by atoms with E-state index in [0.29, 0.717) is 0 Å². The summed E-state index contributed by atoms with van der Waals surface area (Å²) in [6, 6.07) is 2.35. The number of hydrogen-bond acceptors (Lipinski definition) is 4. The van der Waals surface area contributed by atoms with Gasteiger partial charge in [0.25, 0.3) is 0 Å². The van der Waals surface area contributed by atoms with Crippen molar-refractivity contribution in [3.63, 3.8) is 0 Å². The molecule has 1 saturated heterocycles. The molecule has 0 N–H and O–H groups in total. The van der Waals surface area contributed by atoms with Crippen molar-refractivity contribution in [3.8, 4) is 6.07 Å². The second kappa shape index (κ2) is 7.61. The van der Waals surface area contributed by atoms with Crippen molar-refractivity contribution in [3.05, 3.63) is 0 Å². The van der Waals surface area contributed by atoms with Gasteiger partial charge in [-0.25, -0.2) is 0 Å². The van der Waals surface area contributed by atoms with Crippen LogP contribution >= 0.6 is 0 Å². The molecule has 4 nitrogen and oxygen atoms in total. The van der Waals surface area contributed by atoms with Crippen LogP contribution in [0.3, 0.4) is 0 Å². The Bertz CT molecular complexity index is 219. The summed E-state index contributed by atoms with van der Waals surface area (Å²) in [7, 11) is 0. The predicted octanol–water partition coefficient (Wildman–Crippen LogP) is 0.943. The number of rotatable bonds is 6. The van der Waals surface area contributed by atoms with Crippen molar-refractivity contribution in [2.75, 3.05) is 45.9 Å². The highest BCUT2D eigenvalue weighted by Crippen LogP contribution is 2.05. The first-order chi connectivity index (χ1) is 7.77. The third-order valence-electron chi connectivity index (χ3n) is 3.04. The van der Waals surface area contributed by atoms with Gasteiger partial charge >= 0.3 is 0 Å². The fourth-order valence-corrected chi connectivity index (χ4v) is 1.90. The van der Waals surface area contributed by atoms with E-state index in [1.165, 1.54) is 0 Å². The summed E-state index contributed by atoms with van der Waals surface area (Å²) in [4.78, 5) is 4.65. The molecule has 4 heteroatoms. The molecule has 1 unspecified atom stereocenters. The lowest BCUT2D eigenvalue weighted by Crippen LogP contribution is -2.49. The van der Waals surface area contributed by atoms with Crippen molar-refractivity contribution in [1.82, 2.24) is 9.80 Å². The van der Waals surface area contributed by atoms with E-state index in [2.05, 4.69) is 22.8 Å². The SMILES string of the molecule is CCCOCCN1CCN(C(C)C#N)CC1. The Kier molecular flexibility index (Phi) is 6.39. The highest BCUT2D eigenvalue weighted by atomic mass is 16.5. The molecule has 0 radical (unpaired) electrons. The summed E-state index contributed by atoms with van der Waals surface area (Å²) >= 11 is 0. The molecule has 92 valence electrons. The minimum atomic E-state index is 0.0542. The van der Waals surface area contributed by atoms with Gasteiger partial charge in [-0.05, 0) is 13.3 Å². The lowest BCUT2D eigenvalue weighted by Gasteiger charge is -2.35. The van der Waals surface area contributed by atoms with Gasteiger partial charge in [-0.2, -0.15) is 5.26 Å². The topological polar surface area (TPSA) is 39.5 Å². The first-order valence-electron chi connectivity index (χ1n) is 6.21. The van der Waals surface area contributed by atoms with Crippen molar-refractivity contribution in [1.29, 1.82) is 5.26 Å². The number of hydrogen-bond donors (Lipinski definition) is 0. The second-order valence-corrected chi connectivity index (χ2v) is 4.30. The molecule has 16 heavy (non-hydrogen) atoms. The average Bonchev–Trinajstić information content (AvgIpc) is 2.34. The van der Waals surface area contributed by atoms with Crippen molar-refractivity contribution >= 4 is 0 Å². The fourth-order valence-electron chi connectivity index (χ4n) is 1.90. The molecule has 0 aromatic carbocycles. The van der Waals surface area contributed by atoms with Gasteiger partial charge in [0.1, 0.15) is 0 Å². The predicted molar refractivity (Wildman–Crippen MR) is 64.2 cm³/mol. The van der Waals surface area contributed by atoms with Crippen LogP contribution in [-0.2, 0) is 4.74 Å². The van der Waals surface area contributed by atoms with Crippen LogP contribution in [0, 0.1) is 11.3 Å². The van der Waals surface area contributed by atoms with Crippen molar-refractivity contribution in [2.24, 2.45) is 0 Å². The lowest BCUT2D eigenvalue weighted by molar-refractivity contribution is 0.0710. The van der Waals surface area contributed by atoms with Gasteiger partial charge < -0.3 is 4.74 Å². The molecule has 1 aliphatic rings. The molecule has 1 fully saturated rings. The fraction of sp³-hybridized carbons (Fsp3) is 0.917. The lowest BCUT2D eigenvalue weighted by atomic mass is 10.2. The minimum Gasteiger partial charge on any atom is -0.380 e. The van der Waals surface area contributed by atoms with E-state index in [0.717, 1.165) is 52.4 Å². The highest BCUT2D eigenvalue weighted by molar-refractivity contribution is 4.90. The van der Waals surface area contributed by atoms with Gasteiger partial charge in [0.15, 0.2) is 0 Å². The quantitative estimate of drug-likeness (QED) is 0.631. The van der Waals surface area contributed by atoms with Gasteiger partial charge in [-0.15, -0.1) is 0 Å². The Hall–Kier alpha value is -0.630. The van der Waals surface area contributed by atoms with E-state index in [-0.39, 0.29) is 6.04 Å². The summed E-state index contributed by atoms with van der Waals surface area (Å²) < 4.78 is 5.47. The monoisotopic (exact) mass is 225 g/mol. The number of piperazine rings is 1. The summed E-state index contributed by atoms with van der Waals surface area (Å²) in [6.07, 6.45) is 1.09. The summed E-state index contributed by atoms with van der Waals surface area (Å²) in [6.45, 7) is 10.9. The molecule has 0 aliphatic carbocycles. The minimum absolute atomic E-state index is 0.0542. The Morgan fingerprint density at radius 2 is 1.94 bits per heavy atom. The number of ether oxygens (including phenoxy) is 1. The first kappa shape index (κ1) is 13.4. The summed E-state index contributed by atoms with van der Waals surface area (Å²) in [5, 5.41) is 8.83. The van der Waals surface area contributed by atoms with Crippen LogP contribution in [0.1, 0.15) is 20.3 Å². The second-order valence-electron chi connectivity index (χ2n) is 4.30. The highest BCUT2D eigenvalue weighted by Gasteiger charge is 2.20. The Labute approximate surface area is 98.8 Å². The molecule has 0 amide bonds. The van der Waals surface area contributed by atoms with Crippen LogP contribution in [0.15, 0.2) is 0 Å². The van der Waals surface area contributed by atoms with Crippen LogP contribution in [-0.4, -0.2) is 61.8 Å². The zero-order valence-electron chi connectivity index (χ0n) is 10.5. The number of nitrogens with zero attached hydrogens (tertiary/aromatic N) is 3. The van der Waals surface area contributed by atoms with E-state index in [9.17, 15) is 0 Å². The maximum absolute atomic E-state index is 8.83. The van der Waals surface area contributed by atoms with E-state index < -0.39 is 0 Å². The molecule has 1 aliphatic heterocycles. The largest absolute Gasteiger partial charge is 0.380 e. The molecule has 0 bridgehead atoms. The van der Waals surface area contributed by atoms with Crippen molar-refractivity contribution < 1.29 is 4.74 Å². The van der Waals surface area contributed by atoms with E-state index >= 15 is 0 Å². The third-order valence-corrected chi connectivity index (χ3v) is 3.04. The standard InChI is InChI=1S/C12H23N3O/c1-3-9-16-10-8-14-4-6-15(7-5-14)12(2)11-13/h12H,3-10H2,1-2H3. The number of nitriles is 1. The zero-order chi connectivity index (χ0) is 11.8. The molecule has 0 aromatic rings. The first-order valence-corrected chi connectivity index (χ1v) is 6.21. The van der Waals surface area contributed by atoms with Crippen LogP contribution in [0.5, 0.6) is 0 Å². The maximum atomic E-state index is 8.83. The third kappa shape index (κ3) is 4.48. The molecule has 0 spiro atoms. The van der Waals surface area contributed by atoms with Crippen LogP contribution in [0.25, 0.3) is 0 Å². The normalized spacial score (nSPS) is 20.6. The van der Waals surface area contributed by atoms with Gasteiger partial charge in [-0.3, -0.25) is 9.80 Å². The van der Waals surface area contributed by atoms with Crippen LogP contribution in [0.4, 0.5) is 0 Å². The molecule has 0 aromatic heterocycles. The summed E-state index contributed by atoms with van der Waals surface area (Å²) in [5.74, 6) is 0. The smallest absolute Gasteiger partial charge is 0.0950 e. The Morgan fingerprint density at radius 1 is 1.25 bits per heavy atom. The molecule has 0 saturated carbocycles. The average molecular weight is 225 g/mol. The van der Waals surface area contributed by atoms with Gasteiger partial charge in [-0.1, -0.05) is 6.92 Å². The molecule has 1 rings (SSSR count). The maximum Gasteiger partial charge on any atom is 0.0950 e. The van der Waals surface area contributed by atoms with E-state index in [4.69, 9.17) is 10.00 Å².